The van der Waals surface area contributed by atoms with E-state index in [0.29, 0.717) is 44.0 Å². The molecule has 0 unspecified atom stereocenters. The molecule has 1 fully saturated rings. The maximum absolute atomic E-state index is 12.3. The second-order valence-electron chi connectivity index (χ2n) is 6.59. The predicted molar refractivity (Wildman–Crippen MR) is 105 cm³/mol. The highest BCUT2D eigenvalue weighted by Crippen LogP contribution is 2.36. The number of hydrogen-bond donors (Lipinski definition) is 0. The zero-order chi connectivity index (χ0) is 21.4. The molecule has 0 atom stereocenters. The number of esters is 2. The van der Waals surface area contributed by atoms with Gasteiger partial charge in [-0.2, -0.15) is 0 Å². The van der Waals surface area contributed by atoms with Gasteiger partial charge in [0.25, 0.3) is 5.91 Å². The topological polar surface area (TPSA) is 91.4 Å². The molecule has 29 heavy (non-hydrogen) atoms. The summed E-state index contributed by atoms with van der Waals surface area (Å²) in [5, 5.41) is 0.223. The smallest absolute Gasteiger partial charge is 0.338 e. The van der Waals surface area contributed by atoms with Gasteiger partial charge >= 0.3 is 11.9 Å². The van der Waals surface area contributed by atoms with Gasteiger partial charge in [-0.15, -0.1) is 0 Å². The summed E-state index contributed by atoms with van der Waals surface area (Å²) in [6, 6.07) is 2.88. The third kappa shape index (κ3) is 6.00. The Hall–Kier alpha value is -2.48. The number of benzene rings is 1. The normalized spacial score (nSPS) is 14.3. The molecule has 1 heterocycles. The van der Waals surface area contributed by atoms with Crippen LogP contribution in [0, 0.1) is 5.92 Å². The molecule has 1 amide bonds. The molecule has 8 nitrogen and oxygen atoms in total. The van der Waals surface area contributed by atoms with Crippen LogP contribution < -0.4 is 9.47 Å². The summed E-state index contributed by atoms with van der Waals surface area (Å²) in [7, 11) is 2.80. The molecular weight excluding hydrogens is 402 g/mol. The van der Waals surface area contributed by atoms with Crippen LogP contribution >= 0.6 is 11.6 Å². The molecule has 0 aliphatic carbocycles. The van der Waals surface area contributed by atoms with E-state index in [1.165, 1.54) is 26.4 Å². The molecule has 1 aromatic rings. The van der Waals surface area contributed by atoms with Gasteiger partial charge in [-0.3, -0.25) is 9.59 Å². The number of nitrogens with zero attached hydrogens (tertiary/aromatic N) is 1. The van der Waals surface area contributed by atoms with Crippen molar-refractivity contribution in [1.29, 1.82) is 0 Å². The first-order valence-corrected chi connectivity index (χ1v) is 9.82. The Morgan fingerprint density at radius 1 is 1.17 bits per heavy atom. The summed E-state index contributed by atoms with van der Waals surface area (Å²) in [6.07, 6.45) is 1.85. The van der Waals surface area contributed by atoms with Crippen LogP contribution in [-0.2, 0) is 19.1 Å². The molecule has 1 aliphatic heterocycles. The summed E-state index contributed by atoms with van der Waals surface area (Å²) in [4.78, 5) is 37.8. The van der Waals surface area contributed by atoms with E-state index in [0.717, 1.165) is 6.42 Å². The van der Waals surface area contributed by atoms with Crippen LogP contribution in [0.25, 0.3) is 0 Å². The number of rotatable bonds is 8. The number of hydrogen-bond acceptors (Lipinski definition) is 7. The lowest BCUT2D eigenvalue weighted by Gasteiger charge is -2.30. The van der Waals surface area contributed by atoms with Gasteiger partial charge in [0, 0.05) is 13.1 Å². The van der Waals surface area contributed by atoms with E-state index in [-0.39, 0.29) is 28.4 Å². The van der Waals surface area contributed by atoms with E-state index < -0.39 is 12.6 Å². The summed E-state index contributed by atoms with van der Waals surface area (Å²) in [5.74, 6) is -0.797. The molecule has 1 aromatic carbocycles. The lowest BCUT2D eigenvalue weighted by atomic mass is 9.97. The number of likely N-dealkylation sites (tertiary alicyclic amines) is 1. The average molecular weight is 428 g/mol. The Balaban J connectivity index is 1.93. The molecule has 1 saturated heterocycles. The van der Waals surface area contributed by atoms with Crippen molar-refractivity contribution in [2.24, 2.45) is 5.92 Å². The maximum Gasteiger partial charge on any atom is 0.338 e. The number of piperidine rings is 1. The van der Waals surface area contributed by atoms with E-state index in [9.17, 15) is 14.4 Å². The van der Waals surface area contributed by atoms with Gasteiger partial charge in [0.2, 0.25) is 0 Å². The average Bonchev–Trinajstić information content (AvgIpc) is 2.75. The summed E-state index contributed by atoms with van der Waals surface area (Å²) < 4.78 is 20.7. The molecule has 1 aliphatic rings. The van der Waals surface area contributed by atoms with Crippen LogP contribution in [-0.4, -0.2) is 63.3 Å². The second kappa shape index (κ2) is 10.9. The van der Waals surface area contributed by atoms with Crippen molar-refractivity contribution in [3.05, 3.63) is 22.7 Å². The van der Waals surface area contributed by atoms with Crippen LogP contribution in [0.3, 0.4) is 0 Å². The van der Waals surface area contributed by atoms with Crippen LogP contribution in [0.5, 0.6) is 11.5 Å². The lowest BCUT2D eigenvalue weighted by Crippen LogP contribution is -2.42. The minimum Gasteiger partial charge on any atom is -0.493 e. The number of carbonyl (C=O) groups excluding carboxylic acids is 3. The Kier molecular flexibility index (Phi) is 8.57. The number of halogens is 1. The number of ether oxygens (including phenoxy) is 4. The van der Waals surface area contributed by atoms with Crippen molar-refractivity contribution in [2.75, 3.05) is 40.5 Å². The van der Waals surface area contributed by atoms with E-state index in [1.807, 2.05) is 6.92 Å². The van der Waals surface area contributed by atoms with Gasteiger partial charge in [-0.1, -0.05) is 18.5 Å². The zero-order valence-electron chi connectivity index (χ0n) is 16.9. The van der Waals surface area contributed by atoms with Crippen molar-refractivity contribution >= 4 is 29.4 Å². The molecular formula is C20H26ClNO7. The van der Waals surface area contributed by atoms with Crippen molar-refractivity contribution in [3.8, 4) is 11.5 Å². The number of amides is 1. The third-order valence-corrected chi connectivity index (χ3v) is 4.91. The lowest BCUT2D eigenvalue weighted by molar-refractivity contribution is -0.149. The van der Waals surface area contributed by atoms with E-state index >= 15 is 0 Å². The monoisotopic (exact) mass is 427 g/mol. The van der Waals surface area contributed by atoms with Gasteiger partial charge in [-0.05, 0) is 31.4 Å². The van der Waals surface area contributed by atoms with Crippen molar-refractivity contribution < 1.29 is 33.3 Å². The summed E-state index contributed by atoms with van der Waals surface area (Å²) in [6.45, 7) is 2.86. The molecule has 0 saturated carbocycles. The Morgan fingerprint density at radius 2 is 1.86 bits per heavy atom. The van der Waals surface area contributed by atoms with E-state index in [1.54, 1.807) is 4.90 Å². The fraction of sp³-hybridized carbons (Fsp3) is 0.550. The predicted octanol–water partition coefficient (Wildman–Crippen LogP) is 2.71. The fourth-order valence-corrected chi connectivity index (χ4v) is 3.28. The Bertz CT molecular complexity index is 745. The molecule has 0 bridgehead atoms. The summed E-state index contributed by atoms with van der Waals surface area (Å²) >= 11 is 6.20. The van der Waals surface area contributed by atoms with Gasteiger partial charge in [0.05, 0.1) is 37.3 Å². The molecule has 160 valence electrons. The van der Waals surface area contributed by atoms with Crippen LogP contribution in [0.2, 0.25) is 5.02 Å². The Labute approximate surface area is 175 Å². The highest BCUT2D eigenvalue weighted by molar-refractivity contribution is 6.32. The zero-order valence-corrected chi connectivity index (χ0v) is 17.6. The van der Waals surface area contributed by atoms with Crippen molar-refractivity contribution in [2.45, 2.75) is 26.2 Å². The summed E-state index contributed by atoms with van der Waals surface area (Å²) in [5.41, 5.74) is 0.160. The largest absolute Gasteiger partial charge is 0.493 e. The molecule has 2 rings (SSSR count). The molecule has 0 aromatic heterocycles. The highest BCUT2D eigenvalue weighted by atomic mass is 35.5. The SMILES string of the molecule is CCCOc1c(Cl)cc(C(=O)OCC(=O)N2CCC(C(=O)OC)CC2)cc1OC. The van der Waals surface area contributed by atoms with Crippen LogP contribution in [0.15, 0.2) is 12.1 Å². The van der Waals surface area contributed by atoms with Crippen LogP contribution in [0.4, 0.5) is 0 Å². The second-order valence-corrected chi connectivity index (χ2v) is 7.00. The Morgan fingerprint density at radius 3 is 2.45 bits per heavy atom. The van der Waals surface area contributed by atoms with Gasteiger partial charge in [0.15, 0.2) is 18.1 Å². The molecule has 0 radical (unpaired) electrons. The van der Waals surface area contributed by atoms with E-state index in [4.69, 9.17) is 30.5 Å². The number of methoxy groups -OCH3 is 2. The quantitative estimate of drug-likeness (QED) is 0.589. The molecule has 0 spiro atoms. The van der Waals surface area contributed by atoms with E-state index in [2.05, 4.69) is 0 Å². The molecule has 0 N–H and O–H groups in total. The third-order valence-electron chi connectivity index (χ3n) is 4.62. The van der Waals surface area contributed by atoms with Gasteiger partial charge in [0.1, 0.15) is 0 Å². The first kappa shape index (κ1) is 22.8. The minimum absolute atomic E-state index is 0.160. The van der Waals surface area contributed by atoms with Crippen LogP contribution in [0.1, 0.15) is 36.5 Å². The van der Waals surface area contributed by atoms with Crippen molar-refractivity contribution in [3.63, 3.8) is 0 Å². The first-order valence-electron chi connectivity index (χ1n) is 9.44. The fourth-order valence-electron chi connectivity index (χ4n) is 3.02. The van der Waals surface area contributed by atoms with Gasteiger partial charge in [-0.25, -0.2) is 4.79 Å². The van der Waals surface area contributed by atoms with Gasteiger partial charge < -0.3 is 23.8 Å². The highest BCUT2D eigenvalue weighted by Gasteiger charge is 2.28. The first-order chi connectivity index (χ1) is 13.9. The molecule has 9 heteroatoms. The number of carbonyl (C=O) groups is 3. The van der Waals surface area contributed by atoms with Crippen molar-refractivity contribution in [1.82, 2.24) is 4.90 Å². The standard InChI is InChI=1S/C20H26ClNO7/c1-4-9-28-18-15(21)10-14(11-16(18)26-2)20(25)29-12-17(23)22-7-5-13(6-8-22)19(24)27-3/h10-11,13H,4-9,12H2,1-3H3. The maximum atomic E-state index is 12.3. The minimum atomic E-state index is -0.690.